The number of halogens is 1. The average molecular weight is 384 g/mol. The fraction of sp³-hybridized carbons (Fsp3) is 0.529. The Morgan fingerprint density at radius 3 is 2.77 bits per heavy atom. The summed E-state index contributed by atoms with van der Waals surface area (Å²) in [4.78, 5) is 13.1. The molecule has 0 radical (unpaired) electrons. The van der Waals surface area contributed by atoms with E-state index >= 15 is 0 Å². The molecule has 1 aromatic rings. The highest BCUT2D eigenvalue weighted by atomic mass is 32.2. The lowest BCUT2D eigenvalue weighted by atomic mass is 9.85. The first kappa shape index (κ1) is 20.3. The standard InChI is InChI=1S/C17H21FN2O5S/c1-26(23,24)25-12(6-8-19)10-20-9-7-14(16(18)11-20)13-4-2-3-5-15(13)17(21)22/h2-5,12,14,16H,6-7,9-11H2,1H3,(H,21,22). The third-order valence-electron chi connectivity index (χ3n) is 4.31. The SMILES string of the molecule is CS(=O)(=O)OC(CC#N)CN1CCC(c2ccccc2C(=O)O)C(F)C1. The lowest BCUT2D eigenvalue weighted by molar-refractivity contribution is 0.0683. The Morgan fingerprint density at radius 1 is 1.50 bits per heavy atom. The van der Waals surface area contributed by atoms with E-state index in [4.69, 9.17) is 9.44 Å². The van der Waals surface area contributed by atoms with Crippen LogP contribution >= 0.6 is 0 Å². The fourth-order valence-corrected chi connectivity index (χ4v) is 3.89. The minimum Gasteiger partial charge on any atom is -0.478 e. The van der Waals surface area contributed by atoms with Gasteiger partial charge in [-0.05, 0) is 24.6 Å². The number of nitriles is 1. The van der Waals surface area contributed by atoms with E-state index < -0.39 is 34.3 Å². The molecule has 1 N–H and O–H groups in total. The van der Waals surface area contributed by atoms with Crippen LogP contribution in [0.4, 0.5) is 4.39 Å². The average Bonchev–Trinajstić information content (AvgIpc) is 2.53. The Morgan fingerprint density at radius 2 is 2.19 bits per heavy atom. The van der Waals surface area contributed by atoms with Crippen LogP contribution in [0.25, 0.3) is 0 Å². The number of carboxylic acid groups (broad SMARTS) is 1. The minimum atomic E-state index is -3.72. The van der Waals surface area contributed by atoms with E-state index in [0.717, 1.165) is 6.26 Å². The summed E-state index contributed by atoms with van der Waals surface area (Å²) >= 11 is 0. The van der Waals surface area contributed by atoms with E-state index in [2.05, 4.69) is 0 Å². The molecule has 0 aromatic heterocycles. The van der Waals surface area contributed by atoms with Crippen LogP contribution in [0.1, 0.15) is 34.7 Å². The molecule has 0 amide bonds. The molecule has 2 rings (SSSR count). The zero-order valence-electron chi connectivity index (χ0n) is 14.3. The third kappa shape index (κ3) is 5.49. The van der Waals surface area contributed by atoms with E-state index in [0.29, 0.717) is 18.5 Å². The molecule has 0 saturated carbocycles. The van der Waals surface area contributed by atoms with Crippen molar-refractivity contribution in [3.63, 3.8) is 0 Å². The predicted octanol–water partition coefficient (Wildman–Crippen LogP) is 1.77. The van der Waals surface area contributed by atoms with Crippen LogP contribution in [0.3, 0.4) is 0 Å². The van der Waals surface area contributed by atoms with Gasteiger partial charge in [-0.25, -0.2) is 9.18 Å². The summed E-state index contributed by atoms with van der Waals surface area (Å²) in [5.41, 5.74) is 0.560. The summed E-state index contributed by atoms with van der Waals surface area (Å²) in [6, 6.07) is 8.24. The second-order valence-corrected chi connectivity index (χ2v) is 7.95. The monoisotopic (exact) mass is 384 g/mol. The number of hydrogen-bond donors (Lipinski definition) is 1. The van der Waals surface area contributed by atoms with Gasteiger partial charge in [-0.1, -0.05) is 18.2 Å². The molecular formula is C17H21FN2O5S. The summed E-state index contributed by atoms with van der Waals surface area (Å²) in [7, 11) is -3.72. The summed E-state index contributed by atoms with van der Waals surface area (Å²) in [5, 5.41) is 18.1. The van der Waals surface area contributed by atoms with Crippen molar-refractivity contribution in [1.29, 1.82) is 5.26 Å². The molecule has 9 heteroatoms. The lowest BCUT2D eigenvalue weighted by Gasteiger charge is -2.36. The van der Waals surface area contributed by atoms with Crippen LogP contribution in [0.5, 0.6) is 0 Å². The summed E-state index contributed by atoms with van der Waals surface area (Å²) in [5.74, 6) is -1.63. The minimum absolute atomic E-state index is 0.0215. The van der Waals surface area contributed by atoms with Gasteiger partial charge < -0.3 is 5.11 Å². The smallest absolute Gasteiger partial charge is 0.335 e. The topological polar surface area (TPSA) is 108 Å². The number of nitrogens with zero attached hydrogens (tertiary/aromatic N) is 2. The maximum Gasteiger partial charge on any atom is 0.335 e. The van der Waals surface area contributed by atoms with Crippen molar-refractivity contribution < 1.29 is 26.9 Å². The van der Waals surface area contributed by atoms with E-state index in [1.807, 2.05) is 6.07 Å². The number of rotatable bonds is 7. The summed E-state index contributed by atoms with van der Waals surface area (Å²) < 4.78 is 42.2. The molecule has 3 atom stereocenters. The summed E-state index contributed by atoms with van der Waals surface area (Å²) in [6.07, 6.45) is -0.977. The van der Waals surface area contributed by atoms with Crippen LogP contribution in [0.15, 0.2) is 24.3 Å². The molecule has 1 fully saturated rings. The number of carbonyl (C=O) groups is 1. The van der Waals surface area contributed by atoms with Gasteiger partial charge in [-0.3, -0.25) is 9.08 Å². The Bertz CT molecular complexity index is 793. The maximum atomic E-state index is 14.7. The van der Waals surface area contributed by atoms with Gasteiger partial charge in [0, 0.05) is 19.0 Å². The van der Waals surface area contributed by atoms with Crippen molar-refractivity contribution >= 4 is 16.1 Å². The molecule has 1 aromatic carbocycles. The van der Waals surface area contributed by atoms with E-state index in [9.17, 15) is 22.7 Å². The molecule has 1 aliphatic rings. The van der Waals surface area contributed by atoms with Gasteiger partial charge in [0.2, 0.25) is 0 Å². The number of carboxylic acids is 1. The molecule has 0 aliphatic carbocycles. The molecule has 26 heavy (non-hydrogen) atoms. The van der Waals surface area contributed by atoms with Crippen molar-refractivity contribution in [3.8, 4) is 6.07 Å². The Kier molecular flexibility index (Phi) is 6.69. The first-order chi connectivity index (χ1) is 12.2. The van der Waals surface area contributed by atoms with Crippen LogP contribution in [0, 0.1) is 11.3 Å². The van der Waals surface area contributed by atoms with Crippen LogP contribution < -0.4 is 0 Å². The Balaban J connectivity index is 2.06. The van der Waals surface area contributed by atoms with Gasteiger partial charge in [0.15, 0.2) is 0 Å². The normalized spacial score (nSPS) is 22.5. The highest BCUT2D eigenvalue weighted by Crippen LogP contribution is 2.33. The predicted molar refractivity (Wildman–Crippen MR) is 92.0 cm³/mol. The molecule has 0 spiro atoms. The molecule has 1 saturated heterocycles. The van der Waals surface area contributed by atoms with Gasteiger partial charge in [-0.15, -0.1) is 0 Å². The number of alkyl halides is 1. The van der Waals surface area contributed by atoms with Crippen LogP contribution in [0.2, 0.25) is 0 Å². The first-order valence-corrected chi connectivity index (χ1v) is 9.96. The lowest BCUT2D eigenvalue weighted by Crippen LogP contribution is -2.45. The fourth-order valence-electron chi connectivity index (χ4n) is 3.26. The molecule has 0 bridgehead atoms. The third-order valence-corrected chi connectivity index (χ3v) is 4.93. The first-order valence-electron chi connectivity index (χ1n) is 8.15. The summed E-state index contributed by atoms with van der Waals surface area (Å²) in [6.45, 7) is 0.593. The zero-order valence-corrected chi connectivity index (χ0v) is 15.2. The number of piperidine rings is 1. The van der Waals surface area contributed by atoms with Crippen molar-refractivity contribution in [2.75, 3.05) is 25.9 Å². The number of aromatic carboxylic acids is 1. The number of likely N-dealkylation sites (tertiary alicyclic amines) is 1. The van der Waals surface area contributed by atoms with Crippen molar-refractivity contribution in [2.24, 2.45) is 0 Å². The maximum absolute atomic E-state index is 14.7. The van der Waals surface area contributed by atoms with Crippen molar-refractivity contribution in [1.82, 2.24) is 4.90 Å². The number of benzene rings is 1. The number of hydrogen-bond acceptors (Lipinski definition) is 6. The molecule has 1 heterocycles. The van der Waals surface area contributed by atoms with E-state index in [-0.39, 0.29) is 25.1 Å². The van der Waals surface area contributed by atoms with Gasteiger partial charge in [-0.2, -0.15) is 13.7 Å². The quantitative estimate of drug-likeness (QED) is 0.714. The molecule has 1 aliphatic heterocycles. The van der Waals surface area contributed by atoms with Crippen molar-refractivity contribution in [3.05, 3.63) is 35.4 Å². The van der Waals surface area contributed by atoms with Gasteiger partial charge in [0.05, 0.1) is 24.3 Å². The Labute approximate surface area is 152 Å². The Hall–Kier alpha value is -2.02. The molecule has 3 unspecified atom stereocenters. The molecule has 142 valence electrons. The van der Waals surface area contributed by atoms with Gasteiger partial charge >= 0.3 is 5.97 Å². The zero-order chi connectivity index (χ0) is 19.3. The van der Waals surface area contributed by atoms with Gasteiger partial charge in [0.25, 0.3) is 10.1 Å². The van der Waals surface area contributed by atoms with E-state index in [1.54, 1.807) is 23.1 Å². The highest BCUT2D eigenvalue weighted by Gasteiger charge is 2.33. The van der Waals surface area contributed by atoms with E-state index in [1.165, 1.54) is 6.07 Å². The van der Waals surface area contributed by atoms with Crippen molar-refractivity contribution in [2.45, 2.75) is 31.0 Å². The van der Waals surface area contributed by atoms with Crippen LogP contribution in [-0.4, -0.2) is 62.6 Å². The van der Waals surface area contributed by atoms with Crippen LogP contribution in [-0.2, 0) is 14.3 Å². The molecule has 7 nitrogen and oxygen atoms in total. The second-order valence-electron chi connectivity index (χ2n) is 6.35. The molecular weight excluding hydrogens is 363 g/mol. The van der Waals surface area contributed by atoms with Gasteiger partial charge in [0.1, 0.15) is 12.3 Å². The highest BCUT2D eigenvalue weighted by molar-refractivity contribution is 7.86. The largest absolute Gasteiger partial charge is 0.478 e. The second kappa shape index (κ2) is 8.58.